The lowest BCUT2D eigenvalue weighted by Gasteiger charge is -2.29. The number of amidine groups is 1. The Morgan fingerprint density at radius 2 is 2.00 bits per heavy atom. The van der Waals surface area contributed by atoms with Gasteiger partial charge in [-0.3, -0.25) is 4.79 Å². The second-order valence-electron chi connectivity index (χ2n) is 6.25. The van der Waals surface area contributed by atoms with Crippen LogP contribution in [-0.2, 0) is 0 Å². The molecule has 5 heteroatoms. The summed E-state index contributed by atoms with van der Waals surface area (Å²) in [7, 11) is 1.87. The number of rotatable bonds is 2. The Morgan fingerprint density at radius 3 is 2.69 bits per heavy atom. The summed E-state index contributed by atoms with van der Waals surface area (Å²) in [6.45, 7) is 0.522. The quantitative estimate of drug-likeness (QED) is 0.669. The molecule has 1 N–H and O–H groups in total. The highest BCUT2D eigenvalue weighted by Gasteiger charge is 2.19. The average Bonchev–Trinajstić information content (AvgIpc) is 2.62. The molecular formula is C21H19FN2O2. The highest BCUT2D eigenvalue weighted by Crippen LogP contribution is 2.22. The molecule has 1 fully saturated rings. The molecule has 1 atom stereocenters. The fraction of sp³-hybridized carbons (Fsp3) is 0.238. The van der Waals surface area contributed by atoms with Gasteiger partial charge in [0.15, 0.2) is 6.29 Å². The van der Waals surface area contributed by atoms with Crippen molar-refractivity contribution in [1.82, 2.24) is 4.90 Å². The Balaban J connectivity index is 1.91. The van der Waals surface area contributed by atoms with Crippen molar-refractivity contribution in [3.05, 3.63) is 65.0 Å². The molecule has 0 bridgehead atoms. The predicted octanol–water partition coefficient (Wildman–Crippen LogP) is 3.15. The van der Waals surface area contributed by atoms with Crippen LogP contribution in [0.1, 0.15) is 34.3 Å². The molecule has 132 valence electrons. The molecule has 4 nitrogen and oxygen atoms in total. The molecule has 0 spiro atoms. The van der Waals surface area contributed by atoms with Crippen molar-refractivity contribution in [2.75, 3.05) is 13.6 Å². The number of piperidine rings is 1. The maximum atomic E-state index is 13.2. The van der Waals surface area contributed by atoms with Crippen LogP contribution in [0.2, 0.25) is 0 Å². The molecule has 2 aromatic rings. The van der Waals surface area contributed by atoms with Gasteiger partial charge in [-0.2, -0.15) is 0 Å². The van der Waals surface area contributed by atoms with Gasteiger partial charge in [-0.05, 0) is 42.8 Å². The maximum Gasteiger partial charge on any atom is 0.152 e. The zero-order valence-electron chi connectivity index (χ0n) is 14.4. The summed E-state index contributed by atoms with van der Waals surface area (Å²) in [6.07, 6.45) is 1.71. The van der Waals surface area contributed by atoms with E-state index < -0.39 is 0 Å². The Kier molecular flexibility index (Phi) is 5.45. The lowest BCUT2D eigenvalue weighted by Crippen LogP contribution is -2.39. The molecule has 2 aromatic carbocycles. The molecule has 0 saturated carbocycles. The number of benzene rings is 2. The lowest BCUT2D eigenvalue weighted by atomic mass is 10.1. The first-order chi connectivity index (χ1) is 12.5. The van der Waals surface area contributed by atoms with E-state index in [0.717, 1.165) is 12.1 Å². The predicted molar refractivity (Wildman–Crippen MR) is 99.2 cm³/mol. The van der Waals surface area contributed by atoms with Crippen molar-refractivity contribution in [3.8, 4) is 11.8 Å². The number of β-amino-alcohol motifs (C(OH)–C–C–N with tert-alkyl or cyclic N) is 1. The minimum Gasteiger partial charge on any atom is -0.391 e. The number of aliphatic hydroxyl groups is 1. The number of aldehydes is 1. The number of likely N-dealkylation sites (N-methyl/N-ethyl adjacent to an activating group) is 1. The van der Waals surface area contributed by atoms with Crippen LogP contribution in [0.15, 0.2) is 47.5 Å². The van der Waals surface area contributed by atoms with Crippen LogP contribution in [0, 0.1) is 17.7 Å². The smallest absolute Gasteiger partial charge is 0.152 e. The van der Waals surface area contributed by atoms with Gasteiger partial charge in [-0.1, -0.05) is 17.9 Å². The highest BCUT2D eigenvalue weighted by atomic mass is 19.1. The third kappa shape index (κ3) is 4.35. The van der Waals surface area contributed by atoms with Crippen LogP contribution >= 0.6 is 0 Å². The third-order valence-electron chi connectivity index (χ3n) is 4.21. The Morgan fingerprint density at radius 1 is 1.23 bits per heavy atom. The van der Waals surface area contributed by atoms with Crippen molar-refractivity contribution < 1.29 is 14.3 Å². The summed E-state index contributed by atoms with van der Waals surface area (Å²) in [5.74, 6) is 6.39. The summed E-state index contributed by atoms with van der Waals surface area (Å²) in [5, 5.41) is 9.71. The van der Waals surface area contributed by atoms with Crippen molar-refractivity contribution in [2.24, 2.45) is 4.99 Å². The van der Waals surface area contributed by atoms with Gasteiger partial charge in [0.05, 0.1) is 11.8 Å². The normalized spacial score (nSPS) is 18.3. The second-order valence-corrected chi connectivity index (χ2v) is 6.25. The Labute approximate surface area is 152 Å². The van der Waals surface area contributed by atoms with Crippen molar-refractivity contribution in [1.29, 1.82) is 0 Å². The number of hydrogen-bond donors (Lipinski definition) is 1. The zero-order chi connectivity index (χ0) is 18.5. The number of nitrogens with zero attached hydrogens (tertiary/aromatic N) is 2. The van der Waals surface area contributed by atoms with Gasteiger partial charge in [0.25, 0.3) is 0 Å². The van der Waals surface area contributed by atoms with E-state index in [1.807, 2.05) is 11.9 Å². The second kappa shape index (κ2) is 7.94. The van der Waals surface area contributed by atoms with E-state index in [0.29, 0.717) is 41.8 Å². The van der Waals surface area contributed by atoms with Crippen LogP contribution in [0.25, 0.3) is 0 Å². The molecule has 1 aliphatic rings. The highest BCUT2D eigenvalue weighted by molar-refractivity contribution is 5.90. The number of carbonyl (C=O) groups excluding carboxylic acids is 1. The molecule has 0 aromatic heterocycles. The molecule has 1 heterocycles. The lowest BCUT2D eigenvalue weighted by molar-refractivity contribution is 0.112. The summed E-state index contributed by atoms with van der Waals surface area (Å²) >= 11 is 0. The van der Waals surface area contributed by atoms with E-state index in [-0.39, 0.29) is 11.9 Å². The number of aliphatic hydroxyl groups excluding tert-OH is 1. The first kappa shape index (κ1) is 17.8. The van der Waals surface area contributed by atoms with Gasteiger partial charge >= 0.3 is 0 Å². The largest absolute Gasteiger partial charge is 0.391 e. The van der Waals surface area contributed by atoms with E-state index in [4.69, 9.17) is 0 Å². The van der Waals surface area contributed by atoms with Gasteiger partial charge in [0.2, 0.25) is 0 Å². The molecule has 0 amide bonds. The molecular weight excluding hydrogens is 331 g/mol. The van der Waals surface area contributed by atoms with Gasteiger partial charge in [-0.25, -0.2) is 9.38 Å². The molecule has 1 saturated heterocycles. The van der Waals surface area contributed by atoms with Gasteiger partial charge < -0.3 is 10.0 Å². The number of carbonyl (C=O) groups is 1. The zero-order valence-corrected chi connectivity index (χ0v) is 14.4. The Hall–Kier alpha value is -2.97. The van der Waals surface area contributed by atoms with Gasteiger partial charge in [-0.15, -0.1) is 0 Å². The number of likely N-dealkylation sites (tertiary alicyclic amines) is 1. The summed E-state index contributed by atoms with van der Waals surface area (Å²) in [4.78, 5) is 17.8. The summed E-state index contributed by atoms with van der Waals surface area (Å²) in [6, 6.07) is 11.3. The number of halogens is 1. The van der Waals surface area contributed by atoms with E-state index in [1.54, 1.807) is 30.3 Å². The molecule has 26 heavy (non-hydrogen) atoms. The third-order valence-corrected chi connectivity index (χ3v) is 4.21. The Bertz CT molecular complexity index is 912. The topological polar surface area (TPSA) is 52.9 Å². The van der Waals surface area contributed by atoms with E-state index in [2.05, 4.69) is 16.8 Å². The van der Waals surface area contributed by atoms with E-state index >= 15 is 0 Å². The SMILES string of the molecule is CN1CC(O)CCC1=Nc1cc(C#Cc2cccc(F)c2)ccc1C=O. The van der Waals surface area contributed by atoms with E-state index in [1.165, 1.54) is 12.1 Å². The van der Waals surface area contributed by atoms with Crippen LogP contribution in [0.5, 0.6) is 0 Å². The van der Waals surface area contributed by atoms with Crippen LogP contribution in [0.3, 0.4) is 0 Å². The number of hydrogen-bond acceptors (Lipinski definition) is 3. The average molecular weight is 350 g/mol. The van der Waals surface area contributed by atoms with Crippen molar-refractivity contribution in [3.63, 3.8) is 0 Å². The standard InChI is InChI=1S/C21H19FN2O2/c1-24-13-19(26)9-10-21(24)23-20-12-16(7-8-17(20)14-25)6-5-15-3-2-4-18(22)11-15/h2-4,7-8,11-12,14,19,26H,9-10,13H2,1H3. The van der Waals surface area contributed by atoms with Crippen LogP contribution in [0.4, 0.5) is 10.1 Å². The summed E-state index contributed by atoms with van der Waals surface area (Å²) in [5.41, 5.74) is 2.30. The first-order valence-electron chi connectivity index (χ1n) is 8.39. The maximum absolute atomic E-state index is 13.2. The summed E-state index contributed by atoms with van der Waals surface area (Å²) < 4.78 is 13.2. The molecule has 1 aliphatic heterocycles. The van der Waals surface area contributed by atoms with Gasteiger partial charge in [0, 0.05) is 36.7 Å². The van der Waals surface area contributed by atoms with Gasteiger partial charge in [0.1, 0.15) is 11.7 Å². The molecule has 3 rings (SSSR count). The number of aliphatic imine (C=N–C) groups is 1. The fourth-order valence-corrected chi connectivity index (χ4v) is 2.81. The molecule has 1 unspecified atom stereocenters. The van der Waals surface area contributed by atoms with Crippen molar-refractivity contribution in [2.45, 2.75) is 18.9 Å². The van der Waals surface area contributed by atoms with Crippen molar-refractivity contribution >= 4 is 17.8 Å². The minimum atomic E-state index is -0.354. The first-order valence-corrected chi connectivity index (χ1v) is 8.39. The molecule has 0 aliphatic carbocycles. The van der Waals surface area contributed by atoms with E-state index in [9.17, 15) is 14.3 Å². The monoisotopic (exact) mass is 350 g/mol. The fourth-order valence-electron chi connectivity index (χ4n) is 2.81. The molecule has 0 radical (unpaired) electrons. The minimum absolute atomic E-state index is 0.331. The van der Waals surface area contributed by atoms with Crippen LogP contribution in [-0.4, -0.2) is 41.8 Å². The van der Waals surface area contributed by atoms with Crippen LogP contribution < -0.4 is 0 Å².